The van der Waals surface area contributed by atoms with Crippen molar-refractivity contribution in [3.63, 3.8) is 0 Å². The lowest BCUT2D eigenvalue weighted by Gasteiger charge is -2.36. The molecule has 3 rings (SSSR count). The molecular weight excluding hydrogens is 215 g/mol. The molecule has 0 spiro atoms. The lowest BCUT2D eigenvalue weighted by Crippen LogP contribution is -2.35. The van der Waals surface area contributed by atoms with Crippen LogP contribution in [0.1, 0.15) is 37.8 Å². The highest BCUT2D eigenvalue weighted by molar-refractivity contribution is 5.55. The number of nitrogens with zero attached hydrogens (tertiary/aromatic N) is 1. The fourth-order valence-corrected chi connectivity index (χ4v) is 3.13. The molecule has 0 aliphatic carbocycles. The lowest BCUT2D eigenvalue weighted by molar-refractivity contribution is 0.222. The number of benzene rings is 1. The highest BCUT2D eigenvalue weighted by Gasteiger charge is 2.30. The van der Waals surface area contributed by atoms with Crippen molar-refractivity contribution in [2.75, 3.05) is 18.4 Å². The minimum atomic E-state index is -0.121. The van der Waals surface area contributed by atoms with Gasteiger partial charge in [0.15, 0.2) is 0 Å². The third kappa shape index (κ3) is 2.04. The molecule has 1 aromatic rings. The topological polar surface area (TPSA) is 15.3 Å². The summed E-state index contributed by atoms with van der Waals surface area (Å²) in [5, 5.41) is 3.45. The summed E-state index contributed by atoms with van der Waals surface area (Å²) < 4.78 is 13.4. The molecule has 1 aromatic carbocycles. The first-order chi connectivity index (χ1) is 8.24. The maximum atomic E-state index is 13.4. The van der Waals surface area contributed by atoms with Crippen molar-refractivity contribution in [2.45, 2.75) is 38.3 Å². The van der Waals surface area contributed by atoms with Gasteiger partial charge in [-0.1, -0.05) is 0 Å². The predicted octanol–water partition coefficient (Wildman–Crippen LogP) is 3.17. The average molecular weight is 234 g/mol. The van der Waals surface area contributed by atoms with Crippen molar-refractivity contribution in [1.29, 1.82) is 0 Å². The van der Waals surface area contributed by atoms with Gasteiger partial charge in [0.25, 0.3) is 0 Å². The SMILES string of the molecule is CC1CC(N2CCCC2)c2cc(F)ccc2N1. The van der Waals surface area contributed by atoms with Gasteiger partial charge >= 0.3 is 0 Å². The Morgan fingerprint density at radius 1 is 1.29 bits per heavy atom. The van der Waals surface area contributed by atoms with Crippen LogP contribution < -0.4 is 5.32 Å². The van der Waals surface area contributed by atoms with Gasteiger partial charge in [0.05, 0.1) is 0 Å². The van der Waals surface area contributed by atoms with Crippen molar-refractivity contribution in [3.8, 4) is 0 Å². The average Bonchev–Trinajstić information content (AvgIpc) is 2.82. The van der Waals surface area contributed by atoms with Crippen molar-refractivity contribution in [1.82, 2.24) is 4.90 Å². The van der Waals surface area contributed by atoms with Crippen molar-refractivity contribution >= 4 is 5.69 Å². The van der Waals surface area contributed by atoms with E-state index in [0.29, 0.717) is 12.1 Å². The number of likely N-dealkylation sites (tertiary alicyclic amines) is 1. The fourth-order valence-electron chi connectivity index (χ4n) is 3.13. The van der Waals surface area contributed by atoms with E-state index in [1.54, 1.807) is 12.1 Å². The third-order valence-corrected chi connectivity index (χ3v) is 3.93. The summed E-state index contributed by atoms with van der Waals surface area (Å²) in [6.07, 6.45) is 3.64. The molecule has 1 fully saturated rings. The zero-order chi connectivity index (χ0) is 11.8. The Labute approximate surface area is 102 Å². The van der Waals surface area contributed by atoms with E-state index in [9.17, 15) is 4.39 Å². The smallest absolute Gasteiger partial charge is 0.123 e. The first-order valence-electron chi connectivity index (χ1n) is 6.54. The minimum Gasteiger partial charge on any atom is -0.382 e. The van der Waals surface area contributed by atoms with Gasteiger partial charge in [-0.15, -0.1) is 0 Å². The minimum absolute atomic E-state index is 0.121. The van der Waals surface area contributed by atoms with Crippen molar-refractivity contribution in [2.24, 2.45) is 0 Å². The Hall–Kier alpha value is -1.09. The summed E-state index contributed by atoms with van der Waals surface area (Å²) in [5.41, 5.74) is 2.26. The van der Waals surface area contributed by atoms with E-state index in [-0.39, 0.29) is 5.82 Å². The second kappa shape index (κ2) is 4.30. The molecule has 2 heterocycles. The third-order valence-electron chi connectivity index (χ3n) is 3.93. The van der Waals surface area contributed by atoms with Crippen LogP contribution in [0.25, 0.3) is 0 Å². The molecule has 1 saturated heterocycles. The summed E-state index contributed by atoms with van der Waals surface area (Å²) in [5.74, 6) is -0.121. The maximum absolute atomic E-state index is 13.4. The van der Waals surface area contributed by atoms with Gasteiger partial charge in [-0.05, 0) is 63.0 Å². The lowest BCUT2D eigenvalue weighted by atomic mass is 9.92. The number of hydrogen-bond donors (Lipinski definition) is 1. The Morgan fingerprint density at radius 3 is 2.82 bits per heavy atom. The normalized spacial score (nSPS) is 28.8. The molecule has 2 unspecified atom stereocenters. The van der Waals surface area contributed by atoms with Crippen LogP contribution in [0.5, 0.6) is 0 Å². The second-order valence-corrected chi connectivity index (χ2v) is 5.27. The zero-order valence-electron chi connectivity index (χ0n) is 10.2. The molecule has 3 heteroatoms. The Bertz CT molecular complexity index is 413. The fraction of sp³-hybridized carbons (Fsp3) is 0.571. The standard InChI is InChI=1S/C14H19FN2/c1-10-8-14(17-6-2-3-7-17)12-9-11(15)4-5-13(12)16-10/h4-5,9-10,14,16H,2-3,6-8H2,1H3. The van der Waals surface area contributed by atoms with E-state index in [2.05, 4.69) is 17.1 Å². The van der Waals surface area contributed by atoms with Crippen LogP contribution in [0, 0.1) is 5.82 Å². The van der Waals surface area contributed by atoms with Gasteiger partial charge < -0.3 is 5.32 Å². The van der Waals surface area contributed by atoms with Gasteiger partial charge in [0.2, 0.25) is 0 Å². The number of halogens is 1. The molecule has 2 aliphatic rings. The number of fused-ring (bicyclic) bond motifs is 1. The van der Waals surface area contributed by atoms with E-state index in [4.69, 9.17) is 0 Å². The van der Waals surface area contributed by atoms with Crippen LogP contribution in [0.4, 0.5) is 10.1 Å². The zero-order valence-corrected chi connectivity index (χ0v) is 10.2. The number of rotatable bonds is 1. The van der Waals surface area contributed by atoms with E-state index in [1.165, 1.54) is 12.8 Å². The van der Waals surface area contributed by atoms with Gasteiger partial charge in [-0.2, -0.15) is 0 Å². The molecule has 0 aromatic heterocycles. The summed E-state index contributed by atoms with van der Waals surface area (Å²) >= 11 is 0. The van der Waals surface area contributed by atoms with E-state index in [0.717, 1.165) is 30.8 Å². The summed E-state index contributed by atoms with van der Waals surface area (Å²) in [6, 6.07) is 6.00. The Balaban J connectivity index is 1.96. The van der Waals surface area contributed by atoms with Gasteiger partial charge in [-0.25, -0.2) is 4.39 Å². The van der Waals surface area contributed by atoms with Crippen LogP contribution in [-0.4, -0.2) is 24.0 Å². The quantitative estimate of drug-likeness (QED) is 0.803. The summed E-state index contributed by atoms with van der Waals surface area (Å²) in [6.45, 7) is 4.52. The van der Waals surface area contributed by atoms with Crippen molar-refractivity contribution < 1.29 is 4.39 Å². The first kappa shape index (κ1) is 11.0. The van der Waals surface area contributed by atoms with Crippen LogP contribution in [0.3, 0.4) is 0 Å². The number of anilines is 1. The van der Waals surface area contributed by atoms with Crippen molar-refractivity contribution in [3.05, 3.63) is 29.6 Å². The van der Waals surface area contributed by atoms with Gasteiger partial charge in [-0.3, -0.25) is 4.90 Å². The van der Waals surface area contributed by atoms with Crippen LogP contribution in [0.15, 0.2) is 18.2 Å². The summed E-state index contributed by atoms with van der Waals surface area (Å²) in [7, 11) is 0. The largest absolute Gasteiger partial charge is 0.382 e. The molecule has 2 aliphatic heterocycles. The molecule has 2 atom stereocenters. The maximum Gasteiger partial charge on any atom is 0.123 e. The van der Waals surface area contributed by atoms with Gasteiger partial charge in [0.1, 0.15) is 5.82 Å². The molecule has 1 N–H and O–H groups in total. The monoisotopic (exact) mass is 234 g/mol. The molecule has 0 bridgehead atoms. The van der Waals surface area contributed by atoms with Crippen LogP contribution >= 0.6 is 0 Å². The molecule has 0 amide bonds. The molecule has 0 radical (unpaired) electrons. The molecule has 92 valence electrons. The van der Waals surface area contributed by atoms with E-state index in [1.807, 2.05) is 6.07 Å². The first-order valence-corrected chi connectivity index (χ1v) is 6.54. The van der Waals surface area contributed by atoms with Crippen LogP contribution in [0.2, 0.25) is 0 Å². The Kier molecular flexibility index (Phi) is 2.79. The highest BCUT2D eigenvalue weighted by atomic mass is 19.1. The Morgan fingerprint density at radius 2 is 2.06 bits per heavy atom. The van der Waals surface area contributed by atoms with Crippen LogP contribution in [-0.2, 0) is 0 Å². The summed E-state index contributed by atoms with van der Waals surface area (Å²) in [4.78, 5) is 2.51. The van der Waals surface area contributed by atoms with E-state index >= 15 is 0 Å². The molecular formula is C14H19FN2. The highest BCUT2D eigenvalue weighted by Crippen LogP contribution is 2.38. The predicted molar refractivity (Wildman–Crippen MR) is 67.6 cm³/mol. The molecule has 2 nitrogen and oxygen atoms in total. The van der Waals surface area contributed by atoms with Gasteiger partial charge in [0, 0.05) is 17.8 Å². The molecule has 17 heavy (non-hydrogen) atoms. The van der Waals surface area contributed by atoms with E-state index < -0.39 is 0 Å². The number of hydrogen-bond acceptors (Lipinski definition) is 2. The molecule has 0 saturated carbocycles. The second-order valence-electron chi connectivity index (χ2n) is 5.27. The number of nitrogens with one attached hydrogen (secondary N) is 1.